The molecule has 0 atom stereocenters. The van der Waals surface area contributed by atoms with E-state index in [1.807, 2.05) is 0 Å². The Morgan fingerprint density at radius 2 is 1.71 bits per heavy atom. The summed E-state index contributed by atoms with van der Waals surface area (Å²) in [6.45, 7) is 6.73. The summed E-state index contributed by atoms with van der Waals surface area (Å²) in [5.41, 5.74) is 0. The standard InChI is InChI=1S/C6H14.CH4/c1-4-5-6(2)3;/h6H,4-5H2,1-3H3;1H4. The summed E-state index contributed by atoms with van der Waals surface area (Å²) in [6.07, 6.45) is 2.71. The highest BCUT2D eigenvalue weighted by molar-refractivity contribution is 4.38. The normalized spacial score (nSPS) is 8.57. The molecule has 0 spiro atoms. The molecule has 46 valence electrons. The van der Waals surface area contributed by atoms with Crippen LogP contribution in [0, 0.1) is 5.92 Å². The van der Waals surface area contributed by atoms with Gasteiger partial charge in [0.1, 0.15) is 0 Å². The van der Waals surface area contributed by atoms with Gasteiger partial charge in [0.15, 0.2) is 0 Å². The molecule has 0 nitrogen and oxygen atoms in total. The molecule has 0 radical (unpaired) electrons. The molecule has 0 bridgehead atoms. The molecule has 0 amide bonds. The highest BCUT2D eigenvalue weighted by atomic mass is 13.9. The summed E-state index contributed by atoms with van der Waals surface area (Å²) < 4.78 is 0. The van der Waals surface area contributed by atoms with E-state index < -0.39 is 0 Å². The molecule has 7 heavy (non-hydrogen) atoms. The number of hydrogen-bond donors (Lipinski definition) is 0. The van der Waals surface area contributed by atoms with E-state index >= 15 is 0 Å². The Kier molecular flexibility index (Phi) is 8.64. The monoisotopic (exact) mass is 102 g/mol. The molecule has 0 aromatic rings. The topological polar surface area (TPSA) is 0 Å². The molecule has 0 aromatic carbocycles. The summed E-state index contributed by atoms with van der Waals surface area (Å²) in [4.78, 5) is 0. The van der Waals surface area contributed by atoms with E-state index in [9.17, 15) is 0 Å². The molecule has 0 N–H and O–H groups in total. The lowest BCUT2D eigenvalue weighted by Crippen LogP contribution is -1.81. The van der Waals surface area contributed by atoms with E-state index in [1.54, 1.807) is 0 Å². The fourth-order valence-corrected chi connectivity index (χ4v) is 0.577. The molecule has 0 aliphatic rings. The number of hydrogen-bond acceptors (Lipinski definition) is 0. The second-order valence-electron chi connectivity index (χ2n) is 2.18. The molecule has 0 saturated heterocycles. The molecule has 0 rings (SSSR count). The predicted molar refractivity (Wildman–Crippen MR) is 36.5 cm³/mol. The Balaban J connectivity index is 0. The maximum Gasteiger partial charge on any atom is -0.0471 e. The van der Waals surface area contributed by atoms with Crippen molar-refractivity contribution >= 4 is 0 Å². The van der Waals surface area contributed by atoms with E-state index in [2.05, 4.69) is 20.8 Å². The zero-order chi connectivity index (χ0) is 4.99. The summed E-state index contributed by atoms with van der Waals surface area (Å²) >= 11 is 0. The lowest BCUT2D eigenvalue weighted by atomic mass is 10.1. The fourth-order valence-electron chi connectivity index (χ4n) is 0.577. The minimum atomic E-state index is 0. The zero-order valence-corrected chi connectivity index (χ0v) is 4.99. The fraction of sp³-hybridized carbons (Fsp3) is 1.00. The molecular weight excluding hydrogens is 84.1 g/mol. The maximum atomic E-state index is 2.25. The predicted octanol–water partition coefficient (Wildman–Crippen LogP) is 3.08. The van der Waals surface area contributed by atoms with Gasteiger partial charge in [-0.05, 0) is 5.92 Å². The van der Waals surface area contributed by atoms with Gasteiger partial charge in [-0.1, -0.05) is 41.0 Å². The third-order valence-electron chi connectivity index (χ3n) is 0.866. The van der Waals surface area contributed by atoms with Crippen LogP contribution in [0.3, 0.4) is 0 Å². The van der Waals surface area contributed by atoms with E-state index in [0.717, 1.165) is 5.92 Å². The van der Waals surface area contributed by atoms with Crippen LogP contribution in [0.5, 0.6) is 0 Å². The average molecular weight is 102 g/mol. The van der Waals surface area contributed by atoms with E-state index in [1.165, 1.54) is 12.8 Å². The van der Waals surface area contributed by atoms with Crippen LogP contribution in [-0.2, 0) is 0 Å². The van der Waals surface area contributed by atoms with E-state index in [0.29, 0.717) is 0 Å². The maximum absolute atomic E-state index is 2.25. The van der Waals surface area contributed by atoms with Crippen molar-refractivity contribution in [2.75, 3.05) is 0 Å². The first-order chi connectivity index (χ1) is 2.77. The van der Waals surface area contributed by atoms with Crippen molar-refractivity contribution in [1.82, 2.24) is 0 Å². The Hall–Kier alpha value is 0. The highest BCUT2D eigenvalue weighted by Gasteiger charge is 1.85. The van der Waals surface area contributed by atoms with Crippen LogP contribution in [0.25, 0.3) is 0 Å². The third kappa shape index (κ3) is 10.7. The SMILES string of the molecule is C.CCCC(C)C. The van der Waals surface area contributed by atoms with E-state index in [-0.39, 0.29) is 7.43 Å². The Morgan fingerprint density at radius 1 is 1.29 bits per heavy atom. The molecule has 0 aliphatic heterocycles. The molecule has 0 aliphatic carbocycles. The van der Waals surface area contributed by atoms with Crippen LogP contribution in [0.4, 0.5) is 0 Å². The van der Waals surface area contributed by atoms with Gasteiger partial charge in [0.25, 0.3) is 0 Å². The van der Waals surface area contributed by atoms with Crippen molar-refractivity contribution in [2.24, 2.45) is 5.92 Å². The molecule has 0 heterocycles. The second-order valence-corrected chi connectivity index (χ2v) is 2.18. The van der Waals surface area contributed by atoms with Crippen LogP contribution in [0.15, 0.2) is 0 Å². The van der Waals surface area contributed by atoms with Gasteiger partial charge < -0.3 is 0 Å². The molecule has 0 aromatic heterocycles. The molecule has 0 heteroatoms. The summed E-state index contributed by atoms with van der Waals surface area (Å²) in [7, 11) is 0. The molecule has 0 unspecified atom stereocenters. The van der Waals surface area contributed by atoms with Gasteiger partial charge in [0.05, 0.1) is 0 Å². The van der Waals surface area contributed by atoms with Crippen LogP contribution < -0.4 is 0 Å². The van der Waals surface area contributed by atoms with Gasteiger partial charge in [-0.2, -0.15) is 0 Å². The van der Waals surface area contributed by atoms with Crippen LogP contribution in [0.1, 0.15) is 41.0 Å². The van der Waals surface area contributed by atoms with Gasteiger partial charge in [-0.25, -0.2) is 0 Å². The van der Waals surface area contributed by atoms with Crippen molar-refractivity contribution in [3.05, 3.63) is 0 Å². The molecule has 0 saturated carbocycles. The van der Waals surface area contributed by atoms with Gasteiger partial charge in [0, 0.05) is 0 Å². The first-order valence-electron chi connectivity index (χ1n) is 2.77. The minimum absolute atomic E-state index is 0. The molecular formula is C7H18. The van der Waals surface area contributed by atoms with Crippen LogP contribution >= 0.6 is 0 Å². The third-order valence-corrected chi connectivity index (χ3v) is 0.866. The van der Waals surface area contributed by atoms with Gasteiger partial charge in [-0.15, -0.1) is 0 Å². The zero-order valence-electron chi connectivity index (χ0n) is 4.99. The second kappa shape index (κ2) is 6.00. The van der Waals surface area contributed by atoms with Gasteiger partial charge >= 0.3 is 0 Å². The van der Waals surface area contributed by atoms with Crippen molar-refractivity contribution in [3.8, 4) is 0 Å². The Morgan fingerprint density at radius 3 is 1.71 bits per heavy atom. The lowest BCUT2D eigenvalue weighted by molar-refractivity contribution is 0.576. The Bertz CT molecular complexity index is 21.2. The van der Waals surface area contributed by atoms with Gasteiger partial charge in [0.2, 0.25) is 0 Å². The quantitative estimate of drug-likeness (QED) is 0.502. The van der Waals surface area contributed by atoms with Crippen molar-refractivity contribution in [1.29, 1.82) is 0 Å². The minimum Gasteiger partial charge on any atom is -0.0776 e. The lowest BCUT2D eigenvalue weighted by Gasteiger charge is -1.95. The largest absolute Gasteiger partial charge is 0.0776 e. The van der Waals surface area contributed by atoms with Crippen molar-refractivity contribution in [3.63, 3.8) is 0 Å². The highest BCUT2D eigenvalue weighted by Crippen LogP contribution is 2.00. The number of rotatable bonds is 2. The first kappa shape index (κ1) is 10.1. The van der Waals surface area contributed by atoms with E-state index in [4.69, 9.17) is 0 Å². The van der Waals surface area contributed by atoms with Crippen molar-refractivity contribution in [2.45, 2.75) is 41.0 Å². The first-order valence-corrected chi connectivity index (χ1v) is 2.77. The average Bonchev–Trinajstić information content (AvgIpc) is 1.35. The van der Waals surface area contributed by atoms with Crippen LogP contribution in [-0.4, -0.2) is 0 Å². The summed E-state index contributed by atoms with van der Waals surface area (Å²) in [5.74, 6) is 0.898. The smallest absolute Gasteiger partial charge is 0.0471 e. The summed E-state index contributed by atoms with van der Waals surface area (Å²) in [6, 6.07) is 0. The van der Waals surface area contributed by atoms with Crippen LogP contribution in [0.2, 0.25) is 0 Å². The molecule has 0 fully saturated rings. The Labute approximate surface area is 47.9 Å². The van der Waals surface area contributed by atoms with Gasteiger partial charge in [-0.3, -0.25) is 0 Å². The van der Waals surface area contributed by atoms with Crippen molar-refractivity contribution < 1.29 is 0 Å². The summed E-state index contributed by atoms with van der Waals surface area (Å²) in [5, 5.41) is 0.